The van der Waals surface area contributed by atoms with Gasteiger partial charge < -0.3 is 5.11 Å². The average molecular weight is 211 g/mol. The Morgan fingerprint density at radius 1 is 1.43 bits per heavy atom. The lowest BCUT2D eigenvalue weighted by Crippen LogP contribution is -2.05. The Hall–Kier alpha value is -0.900. The van der Waals surface area contributed by atoms with E-state index in [1.54, 1.807) is 5.38 Å². The molecule has 1 aliphatic rings. The molecule has 1 fully saturated rings. The van der Waals surface area contributed by atoms with Gasteiger partial charge in [-0.15, -0.1) is 11.3 Å². The van der Waals surface area contributed by atoms with Gasteiger partial charge in [-0.25, -0.2) is 9.78 Å². The Morgan fingerprint density at radius 3 is 2.71 bits per heavy atom. The molecule has 0 radical (unpaired) electrons. The van der Waals surface area contributed by atoms with E-state index in [1.807, 2.05) is 0 Å². The van der Waals surface area contributed by atoms with Crippen molar-refractivity contribution < 1.29 is 9.90 Å². The Kier molecular flexibility index (Phi) is 2.82. The number of hydrogen-bond donors (Lipinski definition) is 1. The van der Waals surface area contributed by atoms with E-state index in [1.165, 1.54) is 43.4 Å². The molecule has 0 saturated heterocycles. The van der Waals surface area contributed by atoms with Gasteiger partial charge in [0, 0.05) is 11.3 Å². The van der Waals surface area contributed by atoms with Gasteiger partial charge in [0.1, 0.15) is 0 Å². The van der Waals surface area contributed by atoms with E-state index in [4.69, 9.17) is 5.11 Å². The zero-order chi connectivity index (χ0) is 9.97. The molecule has 1 aromatic heterocycles. The topological polar surface area (TPSA) is 50.2 Å². The predicted molar refractivity (Wildman–Crippen MR) is 54.9 cm³/mol. The van der Waals surface area contributed by atoms with Gasteiger partial charge in [0.2, 0.25) is 0 Å². The summed E-state index contributed by atoms with van der Waals surface area (Å²) in [4.78, 5) is 14.8. The van der Waals surface area contributed by atoms with Crippen molar-refractivity contribution in [3.8, 4) is 0 Å². The van der Waals surface area contributed by atoms with Crippen LogP contribution >= 0.6 is 11.3 Å². The number of aromatic carboxylic acids is 1. The van der Waals surface area contributed by atoms with Crippen LogP contribution in [0.5, 0.6) is 0 Å². The van der Waals surface area contributed by atoms with E-state index in [9.17, 15) is 4.79 Å². The average Bonchev–Trinajstić information content (AvgIpc) is 2.68. The molecule has 1 saturated carbocycles. The Balaban J connectivity index is 2.11. The Morgan fingerprint density at radius 2 is 2.14 bits per heavy atom. The molecule has 0 bridgehead atoms. The van der Waals surface area contributed by atoms with Crippen LogP contribution in [0.25, 0.3) is 0 Å². The molecule has 3 nitrogen and oxygen atoms in total. The first-order chi connectivity index (χ1) is 6.77. The van der Waals surface area contributed by atoms with Crippen molar-refractivity contribution in [1.82, 2.24) is 4.98 Å². The molecule has 0 aromatic carbocycles. The second kappa shape index (κ2) is 4.09. The number of carbonyl (C=O) groups is 1. The van der Waals surface area contributed by atoms with Crippen molar-refractivity contribution in [3.05, 3.63) is 16.1 Å². The molecule has 1 N–H and O–H groups in total. The molecular formula is C10H13NO2S. The fourth-order valence-electron chi connectivity index (χ4n) is 1.92. The van der Waals surface area contributed by atoms with Crippen LogP contribution in [-0.2, 0) is 0 Å². The maximum absolute atomic E-state index is 10.6. The summed E-state index contributed by atoms with van der Waals surface area (Å²) in [5.74, 6) is -0.398. The third-order valence-corrected chi connectivity index (χ3v) is 3.70. The number of nitrogens with zero attached hydrogens (tertiary/aromatic N) is 1. The van der Waals surface area contributed by atoms with Gasteiger partial charge in [-0.05, 0) is 12.8 Å². The quantitative estimate of drug-likeness (QED) is 0.818. The molecule has 4 heteroatoms. The molecule has 0 aliphatic heterocycles. The zero-order valence-corrected chi connectivity index (χ0v) is 8.72. The lowest BCUT2D eigenvalue weighted by atomic mass is 9.90. The zero-order valence-electron chi connectivity index (χ0n) is 7.90. The lowest BCUT2D eigenvalue weighted by Gasteiger charge is -2.18. The van der Waals surface area contributed by atoms with Crippen molar-refractivity contribution in [2.45, 2.75) is 38.0 Å². The SMILES string of the molecule is O=C(O)c1csc(C2CCCCC2)n1. The summed E-state index contributed by atoms with van der Waals surface area (Å²) < 4.78 is 0. The first-order valence-electron chi connectivity index (χ1n) is 4.96. The van der Waals surface area contributed by atoms with Crippen LogP contribution in [0, 0.1) is 0 Å². The molecule has 0 unspecified atom stereocenters. The third kappa shape index (κ3) is 1.95. The number of aromatic nitrogens is 1. The van der Waals surface area contributed by atoms with Gasteiger partial charge >= 0.3 is 5.97 Å². The van der Waals surface area contributed by atoms with Crippen LogP contribution in [0.3, 0.4) is 0 Å². The van der Waals surface area contributed by atoms with E-state index < -0.39 is 5.97 Å². The molecule has 14 heavy (non-hydrogen) atoms. The fraction of sp³-hybridized carbons (Fsp3) is 0.600. The summed E-state index contributed by atoms with van der Waals surface area (Å²) in [5.41, 5.74) is 0.204. The van der Waals surface area contributed by atoms with Crippen LogP contribution in [-0.4, -0.2) is 16.1 Å². The van der Waals surface area contributed by atoms with E-state index in [-0.39, 0.29) is 5.69 Å². The smallest absolute Gasteiger partial charge is 0.355 e. The lowest BCUT2D eigenvalue weighted by molar-refractivity contribution is 0.0691. The number of carboxylic acid groups (broad SMARTS) is 1. The summed E-state index contributed by atoms with van der Waals surface area (Å²) >= 11 is 1.49. The maximum Gasteiger partial charge on any atom is 0.355 e. The minimum Gasteiger partial charge on any atom is -0.476 e. The van der Waals surface area contributed by atoms with E-state index in [2.05, 4.69) is 4.98 Å². The van der Waals surface area contributed by atoms with Gasteiger partial charge in [0.15, 0.2) is 5.69 Å². The van der Waals surface area contributed by atoms with Crippen molar-refractivity contribution in [2.24, 2.45) is 0 Å². The van der Waals surface area contributed by atoms with Crippen molar-refractivity contribution in [2.75, 3.05) is 0 Å². The summed E-state index contributed by atoms with van der Waals surface area (Å²) in [6.07, 6.45) is 6.17. The fourth-order valence-corrected chi connectivity index (χ4v) is 2.89. The maximum atomic E-state index is 10.6. The molecular weight excluding hydrogens is 198 g/mol. The largest absolute Gasteiger partial charge is 0.476 e. The normalized spacial score (nSPS) is 18.3. The molecule has 1 aromatic rings. The summed E-state index contributed by atoms with van der Waals surface area (Å²) in [7, 11) is 0. The van der Waals surface area contributed by atoms with Gasteiger partial charge in [-0.3, -0.25) is 0 Å². The standard InChI is InChI=1S/C10H13NO2S/c12-10(13)8-6-14-9(11-8)7-4-2-1-3-5-7/h6-7H,1-5H2,(H,12,13). The van der Waals surface area contributed by atoms with Crippen LogP contribution in [0.15, 0.2) is 5.38 Å². The minimum atomic E-state index is -0.914. The summed E-state index contributed by atoms with van der Waals surface area (Å²) in [6.45, 7) is 0. The second-order valence-corrected chi connectivity index (χ2v) is 4.60. The number of thiazole rings is 1. The monoisotopic (exact) mass is 211 g/mol. The molecule has 1 heterocycles. The summed E-state index contributed by atoms with van der Waals surface area (Å²) in [6, 6.07) is 0. The van der Waals surface area contributed by atoms with E-state index >= 15 is 0 Å². The Labute approximate surface area is 86.8 Å². The first-order valence-corrected chi connectivity index (χ1v) is 5.84. The third-order valence-electron chi connectivity index (χ3n) is 2.70. The van der Waals surface area contributed by atoms with Gasteiger partial charge in [-0.2, -0.15) is 0 Å². The summed E-state index contributed by atoms with van der Waals surface area (Å²) in [5, 5.41) is 11.4. The Bertz CT molecular complexity index is 329. The molecule has 2 rings (SSSR count). The van der Waals surface area contributed by atoms with E-state index in [0.29, 0.717) is 5.92 Å². The highest BCUT2D eigenvalue weighted by atomic mass is 32.1. The molecule has 0 amide bonds. The highest BCUT2D eigenvalue weighted by Crippen LogP contribution is 2.34. The highest BCUT2D eigenvalue weighted by Gasteiger charge is 2.19. The second-order valence-electron chi connectivity index (χ2n) is 3.71. The minimum absolute atomic E-state index is 0.204. The van der Waals surface area contributed by atoms with Crippen molar-refractivity contribution >= 4 is 17.3 Å². The number of rotatable bonds is 2. The molecule has 1 aliphatic carbocycles. The van der Waals surface area contributed by atoms with Crippen molar-refractivity contribution in [1.29, 1.82) is 0 Å². The first kappa shape index (κ1) is 9.65. The van der Waals surface area contributed by atoms with Gasteiger partial charge in [-0.1, -0.05) is 19.3 Å². The highest BCUT2D eigenvalue weighted by molar-refractivity contribution is 7.09. The van der Waals surface area contributed by atoms with Gasteiger partial charge in [0.25, 0.3) is 0 Å². The predicted octanol–water partition coefficient (Wildman–Crippen LogP) is 2.89. The van der Waals surface area contributed by atoms with Gasteiger partial charge in [0.05, 0.1) is 5.01 Å². The number of hydrogen-bond acceptors (Lipinski definition) is 3. The van der Waals surface area contributed by atoms with Crippen LogP contribution < -0.4 is 0 Å². The van der Waals surface area contributed by atoms with Crippen molar-refractivity contribution in [3.63, 3.8) is 0 Å². The van der Waals surface area contributed by atoms with Crippen LogP contribution in [0.2, 0.25) is 0 Å². The van der Waals surface area contributed by atoms with Crippen LogP contribution in [0.4, 0.5) is 0 Å². The van der Waals surface area contributed by atoms with E-state index in [0.717, 1.165) is 5.01 Å². The van der Waals surface area contributed by atoms with Crippen LogP contribution in [0.1, 0.15) is 53.5 Å². The molecule has 0 spiro atoms. The molecule has 0 atom stereocenters. The molecule has 76 valence electrons. The number of carboxylic acids is 1.